The molecule has 1 N–H and O–H groups in total. The van der Waals surface area contributed by atoms with Crippen molar-refractivity contribution >= 4 is 5.71 Å². The molecule has 0 saturated heterocycles. The maximum Gasteiger partial charge on any atom is 0.175 e. The van der Waals surface area contributed by atoms with Crippen LogP contribution in [0.1, 0.15) is 19.7 Å². The van der Waals surface area contributed by atoms with E-state index in [9.17, 15) is 0 Å². The van der Waals surface area contributed by atoms with Crippen LogP contribution in [0.2, 0.25) is 0 Å². The Bertz CT molecular complexity index is 255. The molecule has 0 fully saturated rings. The van der Waals surface area contributed by atoms with E-state index in [4.69, 9.17) is 0 Å². The van der Waals surface area contributed by atoms with E-state index in [2.05, 4.69) is 20.5 Å². The number of rotatable bonds is 3. The third kappa shape index (κ3) is 2.30. The summed E-state index contributed by atoms with van der Waals surface area (Å²) in [6.07, 6.45) is 3.40. The van der Waals surface area contributed by atoms with Gasteiger partial charge in [0.15, 0.2) is 5.82 Å². The lowest BCUT2D eigenvalue weighted by molar-refractivity contribution is 0.780. The minimum Gasteiger partial charge on any atom is -0.310 e. The van der Waals surface area contributed by atoms with E-state index in [0.717, 1.165) is 12.3 Å². The molecule has 0 bridgehead atoms. The van der Waals surface area contributed by atoms with E-state index in [-0.39, 0.29) is 0 Å². The predicted octanol–water partition coefficient (Wildman–Crippen LogP) is 0.810. The van der Waals surface area contributed by atoms with Gasteiger partial charge < -0.3 is 5.43 Å². The molecule has 64 valence electrons. The first-order valence-electron chi connectivity index (χ1n) is 3.89. The standard InChI is InChI=1S/C8H12N4/c1-3-11-12-7(2)8-9-5-4-6-10-8/h4-6,11H,3H2,1-2H3/b12-7+. The van der Waals surface area contributed by atoms with Gasteiger partial charge in [-0.25, -0.2) is 9.97 Å². The molecule has 0 aliphatic heterocycles. The Hall–Kier alpha value is -1.45. The highest BCUT2D eigenvalue weighted by Crippen LogP contribution is 1.89. The predicted molar refractivity (Wildman–Crippen MR) is 47.9 cm³/mol. The molecule has 0 atom stereocenters. The first-order chi connectivity index (χ1) is 5.84. The molecule has 0 saturated carbocycles. The molecule has 1 aromatic heterocycles. The van der Waals surface area contributed by atoms with Crippen LogP contribution in [-0.4, -0.2) is 22.2 Å². The quantitative estimate of drug-likeness (QED) is 0.531. The topological polar surface area (TPSA) is 50.2 Å². The van der Waals surface area contributed by atoms with Crippen LogP contribution >= 0.6 is 0 Å². The third-order valence-electron chi connectivity index (χ3n) is 1.29. The summed E-state index contributed by atoms with van der Waals surface area (Å²) in [4.78, 5) is 8.10. The van der Waals surface area contributed by atoms with Gasteiger partial charge in [0.1, 0.15) is 5.71 Å². The molecule has 0 aromatic carbocycles. The lowest BCUT2D eigenvalue weighted by atomic mass is 10.4. The molecule has 0 unspecified atom stereocenters. The van der Waals surface area contributed by atoms with Gasteiger partial charge in [-0.05, 0) is 19.9 Å². The van der Waals surface area contributed by atoms with Crippen molar-refractivity contribution in [3.8, 4) is 0 Å². The lowest BCUT2D eigenvalue weighted by Gasteiger charge is -1.97. The fourth-order valence-corrected chi connectivity index (χ4v) is 0.734. The zero-order chi connectivity index (χ0) is 8.81. The van der Waals surface area contributed by atoms with Crippen molar-refractivity contribution in [3.63, 3.8) is 0 Å². The zero-order valence-corrected chi connectivity index (χ0v) is 7.28. The lowest BCUT2D eigenvalue weighted by Crippen LogP contribution is -2.10. The molecule has 0 amide bonds. The summed E-state index contributed by atoms with van der Waals surface area (Å²) in [5, 5.41) is 4.05. The first kappa shape index (κ1) is 8.64. The number of hydrogen-bond acceptors (Lipinski definition) is 4. The maximum absolute atomic E-state index is 4.05. The Morgan fingerprint density at radius 1 is 1.50 bits per heavy atom. The fourth-order valence-electron chi connectivity index (χ4n) is 0.734. The summed E-state index contributed by atoms with van der Waals surface area (Å²) in [5.74, 6) is 0.665. The third-order valence-corrected chi connectivity index (χ3v) is 1.29. The van der Waals surface area contributed by atoms with Crippen LogP contribution in [0, 0.1) is 0 Å². The van der Waals surface area contributed by atoms with Crippen molar-refractivity contribution in [1.29, 1.82) is 0 Å². The Morgan fingerprint density at radius 2 is 2.17 bits per heavy atom. The molecule has 12 heavy (non-hydrogen) atoms. The van der Waals surface area contributed by atoms with Gasteiger partial charge in [-0.3, -0.25) is 0 Å². The largest absolute Gasteiger partial charge is 0.310 e. The van der Waals surface area contributed by atoms with Crippen LogP contribution in [-0.2, 0) is 0 Å². The zero-order valence-electron chi connectivity index (χ0n) is 7.28. The summed E-state index contributed by atoms with van der Waals surface area (Å²) in [7, 11) is 0. The summed E-state index contributed by atoms with van der Waals surface area (Å²) in [5.41, 5.74) is 3.66. The van der Waals surface area contributed by atoms with E-state index >= 15 is 0 Å². The van der Waals surface area contributed by atoms with E-state index in [1.165, 1.54) is 0 Å². The van der Waals surface area contributed by atoms with Crippen LogP contribution in [0.4, 0.5) is 0 Å². The average Bonchev–Trinajstić information content (AvgIpc) is 2.15. The number of nitrogens with zero attached hydrogens (tertiary/aromatic N) is 3. The maximum atomic E-state index is 4.05. The van der Waals surface area contributed by atoms with Crippen molar-refractivity contribution in [2.45, 2.75) is 13.8 Å². The number of hydrogen-bond donors (Lipinski definition) is 1. The second-order valence-electron chi connectivity index (χ2n) is 2.28. The molecular formula is C8H12N4. The highest BCUT2D eigenvalue weighted by molar-refractivity contribution is 5.94. The molecular weight excluding hydrogens is 152 g/mol. The average molecular weight is 164 g/mol. The summed E-state index contributed by atoms with van der Waals surface area (Å²) < 4.78 is 0. The second kappa shape index (κ2) is 4.43. The number of nitrogens with one attached hydrogen (secondary N) is 1. The molecule has 0 spiro atoms. The van der Waals surface area contributed by atoms with Crippen LogP contribution in [0.3, 0.4) is 0 Å². The van der Waals surface area contributed by atoms with Gasteiger partial charge >= 0.3 is 0 Å². The second-order valence-corrected chi connectivity index (χ2v) is 2.28. The molecule has 4 heteroatoms. The highest BCUT2D eigenvalue weighted by Gasteiger charge is 1.96. The van der Waals surface area contributed by atoms with E-state index in [0.29, 0.717) is 5.82 Å². The Morgan fingerprint density at radius 3 is 2.75 bits per heavy atom. The van der Waals surface area contributed by atoms with Gasteiger partial charge in [-0.2, -0.15) is 5.10 Å². The van der Waals surface area contributed by atoms with Crippen LogP contribution in [0.25, 0.3) is 0 Å². The van der Waals surface area contributed by atoms with Crippen molar-refractivity contribution in [2.75, 3.05) is 6.54 Å². The van der Waals surface area contributed by atoms with Crippen molar-refractivity contribution in [3.05, 3.63) is 24.3 Å². The normalized spacial score (nSPS) is 11.3. The van der Waals surface area contributed by atoms with Crippen LogP contribution in [0.15, 0.2) is 23.6 Å². The smallest absolute Gasteiger partial charge is 0.175 e. The summed E-state index contributed by atoms with van der Waals surface area (Å²) in [6.45, 7) is 4.67. The van der Waals surface area contributed by atoms with Crippen molar-refractivity contribution in [2.24, 2.45) is 5.10 Å². The molecule has 0 aliphatic carbocycles. The Balaban J connectivity index is 2.71. The number of hydrazone groups is 1. The van der Waals surface area contributed by atoms with Gasteiger partial charge in [0.25, 0.3) is 0 Å². The molecule has 1 aromatic rings. The number of aromatic nitrogens is 2. The van der Waals surface area contributed by atoms with Crippen molar-refractivity contribution < 1.29 is 0 Å². The summed E-state index contributed by atoms with van der Waals surface area (Å²) >= 11 is 0. The van der Waals surface area contributed by atoms with E-state index < -0.39 is 0 Å². The minimum atomic E-state index is 0.665. The van der Waals surface area contributed by atoms with Gasteiger partial charge in [0.2, 0.25) is 0 Å². The van der Waals surface area contributed by atoms with E-state index in [1.807, 2.05) is 13.8 Å². The van der Waals surface area contributed by atoms with Gasteiger partial charge in [0, 0.05) is 18.9 Å². The minimum absolute atomic E-state index is 0.665. The van der Waals surface area contributed by atoms with Gasteiger partial charge in [0.05, 0.1) is 0 Å². The first-order valence-corrected chi connectivity index (χ1v) is 3.89. The Kier molecular flexibility index (Phi) is 3.19. The molecule has 0 radical (unpaired) electrons. The van der Waals surface area contributed by atoms with Gasteiger partial charge in [-0.1, -0.05) is 0 Å². The Labute approximate surface area is 71.7 Å². The molecule has 0 aliphatic rings. The van der Waals surface area contributed by atoms with Crippen molar-refractivity contribution in [1.82, 2.24) is 15.4 Å². The van der Waals surface area contributed by atoms with Crippen LogP contribution < -0.4 is 5.43 Å². The molecule has 4 nitrogen and oxygen atoms in total. The fraction of sp³-hybridized carbons (Fsp3) is 0.375. The van der Waals surface area contributed by atoms with Gasteiger partial charge in [-0.15, -0.1) is 0 Å². The SMILES string of the molecule is CCN/N=C(\C)c1ncccn1. The monoisotopic (exact) mass is 164 g/mol. The highest BCUT2D eigenvalue weighted by atomic mass is 15.3. The molecule has 1 rings (SSSR count). The van der Waals surface area contributed by atoms with Crippen LogP contribution in [0.5, 0.6) is 0 Å². The molecule has 1 heterocycles. The summed E-state index contributed by atoms with van der Waals surface area (Å²) in [6, 6.07) is 1.78. The van der Waals surface area contributed by atoms with E-state index in [1.54, 1.807) is 18.5 Å².